The lowest BCUT2D eigenvalue weighted by atomic mass is 9.99. The van der Waals surface area contributed by atoms with E-state index in [4.69, 9.17) is 20.5 Å². The van der Waals surface area contributed by atoms with Crippen molar-refractivity contribution in [2.45, 2.75) is 127 Å². The Labute approximate surface area is 490 Å². The average Bonchev–Trinajstić information content (AvgIpc) is 4.30. The molecule has 4 atom stereocenters. The summed E-state index contributed by atoms with van der Waals surface area (Å²) in [5.74, 6) is 0.984. The minimum atomic E-state index is -4.28. The summed E-state index contributed by atoms with van der Waals surface area (Å²) < 4.78 is 88.6. The molecule has 0 radical (unpaired) electrons. The van der Waals surface area contributed by atoms with Crippen LogP contribution in [0.25, 0.3) is 42.2 Å². The Morgan fingerprint density at radius 2 is 1.36 bits per heavy atom. The van der Waals surface area contributed by atoms with Gasteiger partial charge >= 0.3 is 24.5 Å². The number of H-pyrrole nitrogens is 1. The van der Waals surface area contributed by atoms with Gasteiger partial charge in [-0.25, -0.2) is 34.1 Å². The van der Waals surface area contributed by atoms with Gasteiger partial charge in [-0.05, 0) is 121 Å². The number of likely N-dealkylation sites (tertiary alicyclic amines) is 1. The van der Waals surface area contributed by atoms with E-state index in [9.17, 15) is 41.2 Å². The van der Waals surface area contributed by atoms with Crippen LogP contribution in [0, 0.1) is 22.7 Å². The second-order valence-electron chi connectivity index (χ2n) is 22.0. The van der Waals surface area contributed by atoms with Crippen molar-refractivity contribution in [2.75, 3.05) is 36.8 Å². The van der Waals surface area contributed by atoms with Crippen LogP contribution >= 0.6 is 38.6 Å². The molecule has 0 spiro atoms. The molecule has 1 amide bonds. The number of hydrogen-bond donors (Lipinski definition) is 6. The third kappa shape index (κ3) is 17.0. The Kier molecular flexibility index (Phi) is 19.2. The molecule has 7 N–H and O–H groups in total. The zero-order valence-electron chi connectivity index (χ0n) is 46.1. The largest absolute Gasteiger partial charge is 0.444 e. The van der Waals surface area contributed by atoms with E-state index in [0.29, 0.717) is 62.8 Å². The van der Waals surface area contributed by atoms with Gasteiger partial charge in [-0.2, -0.15) is 36.9 Å². The van der Waals surface area contributed by atoms with Gasteiger partial charge < -0.3 is 41.5 Å². The molecule has 0 bridgehead atoms. The molecule has 8 heterocycles. The van der Waals surface area contributed by atoms with E-state index in [0.717, 1.165) is 81.5 Å². The summed E-state index contributed by atoms with van der Waals surface area (Å²) in [7, 11) is 0. The zero-order chi connectivity index (χ0) is 60.0. The molecular formula is C56H61BrF6N14O4S2. The van der Waals surface area contributed by atoms with E-state index in [-0.39, 0.29) is 39.6 Å². The van der Waals surface area contributed by atoms with Crippen LogP contribution < -0.4 is 27.0 Å². The third-order valence-corrected chi connectivity index (χ3v) is 15.7. The van der Waals surface area contributed by atoms with Crippen LogP contribution in [0.15, 0.2) is 73.3 Å². The fourth-order valence-electron chi connectivity index (χ4n) is 9.51. The maximum Gasteiger partial charge on any atom is 0.420 e. The van der Waals surface area contributed by atoms with Crippen LogP contribution in [0.5, 0.6) is 0 Å². The van der Waals surface area contributed by atoms with Crippen LogP contribution in [0.4, 0.5) is 47.6 Å². The standard InChI is InChI=1S/C23H22F3N7S.C18H24F3N5O2S.C15H15BrN2O2/c24-23(25,26)8-16-7-17-21(29-12-30-22(17)34-16)32-20-3-4-33(11-18(20)28)10-13-1-2-19-14(5-13)6-15(9-27)31-19;1-17(2,3)28-16(27)26-13-8-22-5-4-12(13)25-14-11-6-10(7-18(19,20)21)29-15(11)24-9-23-14;1-15(2,3)20-14(19)18-12(9-17)7-11-6-10(8-16)4-5-13(11)18/h1-2,5-7,12,18,20,31H,3-4,8,10-11,28H2,(H,29,30,32);6,9,12-13,22H,4-5,7-8H2,1-3H3,(H,26,27)(H,23,24,25);4-7H,8H2,1-3H3/t18-,20-;12-,13-;/m00./s1. The summed E-state index contributed by atoms with van der Waals surface area (Å²) in [6, 6.07) is 21.9. The number of aromatic nitrogens is 6. The molecule has 0 unspecified atom stereocenters. The Hall–Kier alpha value is -7.14. The normalized spacial score (nSPS) is 17.9. The quantitative estimate of drug-likeness (QED) is 0.0550. The second-order valence-corrected chi connectivity index (χ2v) is 24.8. The predicted octanol–water partition coefficient (Wildman–Crippen LogP) is 11.8. The van der Waals surface area contributed by atoms with E-state index in [2.05, 4.69) is 79.2 Å². The monoisotopic (exact) mass is 1250 g/mol. The molecular weight excluding hydrogens is 1190 g/mol. The molecule has 0 saturated carbocycles. The number of ether oxygens (including phenoxy) is 2. The van der Waals surface area contributed by atoms with E-state index in [1.165, 1.54) is 29.4 Å². The van der Waals surface area contributed by atoms with Crippen molar-refractivity contribution in [1.82, 2.24) is 45.0 Å². The molecule has 2 saturated heterocycles. The van der Waals surface area contributed by atoms with E-state index in [1.54, 1.807) is 47.6 Å². The first-order valence-corrected chi connectivity index (χ1v) is 29.1. The van der Waals surface area contributed by atoms with Gasteiger partial charge in [-0.15, -0.1) is 22.7 Å². The van der Waals surface area contributed by atoms with Crippen LogP contribution in [0.3, 0.4) is 0 Å². The average molecular weight is 1250 g/mol. The van der Waals surface area contributed by atoms with Crippen LogP contribution in [-0.2, 0) is 34.2 Å². The van der Waals surface area contributed by atoms with Crippen molar-refractivity contribution in [3.63, 3.8) is 0 Å². The number of aromatic amines is 1. The molecule has 10 rings (SSSR count). The first-order chi connectivity index (χ1) is 39.1. The van der Waals surface area contributed by atoms with Gasteiger partial charge in [0, 0.05) is 69.6 Å². The Balaban J connectivity index is 0.000000168. The van der Waals surface area contributed by atoms with E-state index in [1.807, 2.05) is 42.5 Å². The SMILES string of the molecule is CC(C)(C)OC(=O)N[C@H]1CNCC[C@@H]1Nc1ncnc2sc(CC(F)(F)F)cc12.CC(C)(C)OC(=O)n1c(C#N)cc2cc(CBr)ccc21.N#Cc1cc2cc(CN3CC[C@H](Nc4ncnc5sc(CC(F)(F)F)cc45)[C@@H](N)C3)ccc2[nH]1. The minimum absolute atomic E-state index is 0.0503. The molecule has 6 aromatic heterocycles. The van der Waals surface area contributed by atoms with E-state index >= 15 is 0 Å². The summed E-state index contributed by atoms with van der Waals surface area (Å²) in [4.78, 5) is 47.9. The maximum atomic E-state index is 12.8. The van der Waals surface area contributed by atoms with Crippen molar-refractivity contribution < 1.29 is 45.4 Å². The highest BCUT2D eigenvalue weighted by atomic mass is 79.9. The number of rotatable bonds is 10. The van der Waals surface area contributed by atoms with Crippen molar-refractivity contribution in [3.8, 4) is 12.1 Å². The number of carbonyl (C=O) groups excluding carboxylic acids is 2. The number of halogens is 7. The summed E-state index contributed by atoms with van der Waals surface area (Å²) in [6.45, 7) is 14.3. The van der Waals surface area contributed by atoms with Crippen molar-refractivity contribution in [2.24, 2.45) is 5.73 Å². The molecule has 18 nitrogen and oxygen atoms in total. The lowest BCUT2D eigenvalue weighted by molar-refractivity contribution is -0.127. The summed E-state index contributed by atoms with van der Waals surface area (Å²) in [6.07, 6.45) is -7.39. The number of nitrogens with one attached hydrogen (secondary N) is 5. The molecule has 440 valence electrons. The number of alkyl carbamates (subject to hydrolysis) is 1. The molecule has 0 aliphatic carbocycles. The number of amides is 1. The van der Waals surface area contributed by atoms with Gasteiger partial charge in [0.25, 0.3) is 0 Å². The van der Waals surface area contributed by atoms with Crippen molar-refractivity contribution >= 4 is 105 Å². The number of nitriles is 2. The van der Waals surface area contributed by atoms with Gasteiger partial charge in [0.1, 0.15) is 68.7 Å². The lowest BCUT2D eigenvalue weighted by Crippen LogP contribution is -2.57. The highest BCUT2D eigenvalue weighted by molar-refractivity contribution is 9.08. The van der Waals surface area contributed by atoms with Crippen LogP contribution in [0.2, 0.25) is 0 Å². The smallest absolute Gasteiger partial charge is 0.420 e. The molecule has 8 aromatic rings. The topological polar surface area (TPSA) is 250 Å². The fraction of sp³-hybridized carbons (Fsp3) is 0.429. The van der Waals surface area contributed by atoms with Gasteiger partial charge in [-0.3, -0.25) is 4.90 Å². The Morgan fingerprint density at radius 3 is 1.93 bits per heavy atom. The van der Waals surface area contributed by atoms with Gasteiger partial charge in [0.15, 0.2) is 0 Å². The highest BCUT2D eigenvalue weighted by Crippen LogP contribution is 2.35. The Morgan fingerprint density at radius 1 is 0.759 bits per heavy atom. The van der Waals surface area contributed by atoms with Crippen LogP contribution in [0.1, 0.15) is 86.7 Å². The van der Waals surface area contributed by atoms with Crippen molar-refractivity contribution in [1.29, 1.82) is 10.5 Å². The second kappa shape index (κ2) is 25.8. The fourth-order valence-corrected chi connectivity index (χ4v) is 11.9. The zero-order valence-corrected chi connectivity index (χ0v) is 49.3. The number of piperidine rings is 2. The van der Waals surface area contributed by atoms with Gasteiger partial charge in [-0.1, -0.05) is 28.1 Å². The first kappa shape index (κ1) is 61.9. The first-order valence-electron chi connectivity index (χ1n) is 26.3. The maximum absolute atomic E-state index is 12.8. The number of benzene rings is 2. The number of nitrogens with two attached hydrogens (primary N) is 1. The third-order valence-electron chi connectivity index (χ3n) is 13.0. The van der Waals surface area contributed by atoms with Gasteiger partial charge in [0.05, 0.1) is 41.2 Å². The lowest BCUT2D eigenvalue weighted by Gasteiger charge is -2.37. The van der Waals surface area contributed by atoms with E-state index < -0.39 is 48.6 Å². The number of carbonyl (C=O) groups is 2. The number of nitrogens with zero attached hydrogens (tertiary/aromatic N) is 8. The number of fused-ring (bicyclic) bond motifs is 4. The molecule has 83 heavy (non-hydrogen) atoms. The Bertz CT molecular complexity index is 3690. The van der Waals surface area contributed by atoms with Gasteiger partial charge in [0.2, 0.25) is 0 Å². The molecule has 2 fully saturated rings. The number of thiophene rings is 2. The minimum Gasteiger partial charge on any atom is -0.444 e. The molecule has 2 aliphatic rings. The molecule has 2 aromatic carbocycles. The number of anilines is 2. The van der Waals surface area contributed by atoms with Crippen LogP contribution in [-0.4, -0.2) is 120 Å². The number of hydrogen-bond acceptors (Lipinski definition) is 17. The van der Waals surface area contributed by atoms with Crippen molar-refractivity contribution in [3.05, 3.63) is 106 Å². The predicted molar refractivity (Wildman–Crippen MR) is 312 cm³/mol. The number of alkyl halides is 7. The highest BCUT2D eigenvalue weighted by Gasteiger charge is 2.33. The summed E-state index contributed by atoms with van der Waals surface area (Å²) >= 11 is 5.43. The molecule has 2 aliphatic heterocycles. The molecule has 27 heteroatoms. The summed E-state index contributed by atoms with van der Waals surface area (Å²) in [5, 5.41) is 34.7. The summed E-state index contributed by atoms with van der Waals surface area (Å²) in [5.41, 5.74) is 9.93.